The number of carbonyl (C=O) groups excluding carboxylic acids is 1. The maximum atomic E-state index is 12.5. The van der Waals surface area contributed by atoms with Crippen molar-refractivity contribution in [1.29, 1.82) is 0 Å². The van der Waals surface area contributed by atoms with Gasteiger partial charge in [-0.15, -0.1) is 0 Å². The van der Waals surface area contributed by atoms with E-state index in [0.717, 1.165) is 19.6 Å². The van der Waals surface area contributed by atoms with E-state index in [9.17, 15) is 4.79 Å². The van der Waals surface area contributed by atoms with Gasteiger partial charge in [0, 0.05) is 25.9 Å². The summed E-state index contributed by atoms with van der Waals surface area (Å²) in [6.45, 7) is 3.30. The lowest BCUT2D eigenvalue weighted by Crippen LogP contribution is -2.56. The molecule has 0 spiro atoms. The molecule has 1 N–H and O–H groups in total. The Morgan fingerprint density at radius 3 is 3.19 bits per heavy atom. The van der Waals surface area contributed by atoms with E-state index in [4.69, 9.17) is 9.47 Å². The fraction of sp³-hybridized carbons (Fsp3) is 0.562. The standard InChI is InChI=1S/C16H22N2O3/c1-20-8-6-17-16(19)13-10-12-4-2-3-5-14(12)18-7-9-21-11-15(13)18/h2-5,13,15H,6-11H2,1H3,(H,17,19)/t13-,15+/m1/s1. The van der Waals surface area contributed by atoms with Crippen molar-refractivity contribution < 1.29 is 14.3 Å². The first-order chi connectivity index (χ1) is 10.3. The second-order valence-electron chi connectivity index (χ2n) is 5.56. The Morgan fingerprint density at radius 2 is 2.33 bits per heavy atom. The molecule has 1 aromatic carbocycles. The highest BCUT2D eigenvalue weighted by Crippen LogP contribution is 2.35. The molecule has 1 fully saturated rings. The van der Waals surface area contributed by atoms with Crippen molar-refractivity contribution >= 4 is 11.6 Å². The highest BCUT2D eigenvalue weighted by molar-refractivity contribution is 5.82. The van der Waals surface area contributed by atoms with Crippen molar-refractivity contribution in [3.63, 3.8) is 0 Å². The Labute approximate surface area is 125 Å². The summed E-state index contributed by atoms with van der Waals surface area (Å²) in [7, 11) is 1.64. The topological polar surface area (TPSA) is 50.8 Å². The molecular weight excluding hydrogens is 268 g/mol. The van der Waals surface area contributed by atoms with Gasteiger partial charge in [0.25, 0.3) is 0 Å². The van der Waals surface area contributed by atoms with Gasteiger partial charge in [0.1, 0.15) is 0 Å². The van der Waals surface area contributed by atoms with Gasteiger partial charge in [0.05, 0.1) is 31.8 Å². The molecular formula is C16H22N2O3. The molecule has 0 unspecified atom stereocenters. The highest BCUT2D eigenvalue weighted by Gasteiger charge is 2.39. The molecule has 0 bridgehead atoms. The number of hydrogen-bond donors (Lipinski definition) is 1. The maximum Gasteiger partial charge on any atom is 0.225 e. The second kappa shape index (κ2) is 6.45. The van der Waals surface area contributed by atoms with Gasteiger partial charge in [-0.2, -0.15) is 0 Å². The molecule has 0 radical (unpaired) electrons. The van der Waals surface area contributed by atoms with Crippen molar-refractivity contribution in [2.75, 3.05) is 44.9 Å². The molecule has 0 aromatic heterocycles. The van der Waals surface area contributed by atoms with Crippen LogP contribution in [-0.2, 0) is 20.7 Å². The molecule has 2 aliphatic rings. The van der Waals surface area contributed by atoms with Gasteiger partial charge >= 0.3 is 0 Å². The molecule has 2 aliphatic heterocycles. The summed E-state index contributed by atoms with van der Waals surface area (Å²) in [5.74, 6) is 0.0408. The summed E-state index contributed by atoms with van der Waals surface area (Å²) in [5.41, 5.74) is 2.51. The predicted molar refractivity (Wildman–Crippen MR) is 80.5 cm³/mol. The molecule has 2 heterocycles. The molecule has 0 aliphatic carbocycles. The van der Waals surface area contributed by atoms with E-state index in [1.165, 1.54) is 11.3 Å². The number of benzene rings is 1. The minimum Gasteiger partial charge on any atom is -0.383 e. The minimum absolute atomic E-state index is 0.0583. The Morgan fingerprint density at radius 1 is 1.48 bits per heavy atom. The summed E-state index contributed by atoms with van der Waals surface area (Å²) >= 11 is 0. The molecule has 0 saturated carbocycles. The number of nitrogens with one attached hydrogen (secondary N) is 1. The number of fused-ring (bicyclic) bond motifs is 3. The first-order valence-electron chi connectivity index (χ1n) is 7.50. The van der Waals surface area contributed by atoms with Gasteiger partial charge in [-0.05, 0) is 18.1 Å². The van der Waals surface area contributed by atoms with Gasteiger partial charge < -0.3 is 19.7 Å². The zero-order chi connectivity index (χ0) is 14.7. The van der Waals surface area contributed by atoms with Crippen molar-refractivity contribution in [2.24, 2.45) is 5.92 Å². The SMILES string of the molecule is COCCNC(=O)[C@@H]1Cc2ccccc2N2CCOC[C@@H]12. The van der Waals surface area contributed by atoms with E-state index in [1.54, 1.807) is 7.11 Å². The van der Waals surface area contributed by atoms with Crippen LogP contribution in [-0.4, -0.2) is 52.0 Å². The lowest BCUT2D eigenvalue weighted by atomic mass is 9.84. The first kappa shape index (κ1) is 14.4. The summed E-state index contributed by atoms with van der Waals surface area (Å²) in [6, 6.07) is 8.50. The number of morpholine rings is 1. The minimum atomic E-state index is -0.0583. The summed E-state index contributed by atoms with van der Waals surface area (Å²) < 4.78 is 10.6. The molecule has 5 heteroatoms. The van der Waals surface area contributed by atoms with Crippen molar-refractivity contribution in [1.82, 2.24) is 5.32 Å². The summed E-state index contributed by atoms with van der Waals surface area (Å²) in [6.07, 6.45) is 0.777. The van der Waals surface area contributed by atoms with Crippen LogP contribution in [0.15, 0.2) is 24.3 Å². The third-order valence-corrected chi connectivity index (χ3v) is 4.31. The Bertz CT molecular complexity index is 506. The lowest BCUT2D eigenvalue weighted by molar-refractivity contribution is -0.127. The Hall–Kier alpha value is -1.59. The number of anilines is 1. The van der Waals surface area contributed by atoms with Gasteiger partial charge in [-0.3, -0.25) is 4.79 Å². The number of ether oxygens (including phenoxy) is 2. The number of nitrogens with zero attached hydrogens (tertiary/aromatic N) is 1. The van der Waals surface area contributed by atoms with Crippen LogP contribution in [0.4, 0.5) is 5.69 Å². The zero-order valence-electron chi connectivity index (χ0n) is 12.4. The van der Waals surface area contributed by atoms with Crippen LogP contribution in [0, 0.1) is 5.92 Å². The average molecular weight is 290 g/mol. The number of amides is 1. The molecule has 114 valence electrons. The number of carbonyl (C=O) groups is 1. The van der Waals surface area contributed by atoms with Crippen LogP contribution in [0.25, 0.3) is 0 Å². The van der Waals surface area contributed by atoms with Gasteiger partial charge in [0.15, 0.2) is 0 Å². The third-order valence-electron chi connectivity index (χ3n) is 4.31. The van der Waals surface area contributed by atoms with Crippen LogP contribution in [0.5, 0.6) is 0 Å². The smallest absolute Gasteiger partial charge is 0.225 e. The molecule has 1 saturated heterocycles. The van der Waals surface area contributed by atoms with Crippen molar-refractivity contribution in [3.05, 3.63) is 29.8 Å². The van der Waals surface area contributed by atoms with Crippen LogP contribution in [0.1, 0.15) is 5.56 Å². The monoisotopic (exact) mass is 290 g/mol. The van der Waals surface area contributed by atoms with E-state index < -0.39 is 0 Å². The van der Waals surface area contributed by atoms with E-state index in [0.29, 0.717) is 19.8 Å². The van der Waals surface area contributed by atoms with Crippen molar-refractivity contribution in [3.8, 4) is 0 Å². The first-order valence-corrected chi connectivity index (χ1v) is 7.50. The molecule has 2 atom stereocenters. The zero-order valence-corrected chi connectivity index (χ0v) is 12.4. The second-order valence-corrected chi connectivity index (χ2v) is 5.56. The number of para-hydroxylation sites is 1. The van der Waals surface area contributed by atoms with E-state index in [2.05, 4.69) is 28.4 Å². The van der Waals surface area contributed by atoms with Gasteiger partial charge in [-0.1, -0.05) is 18.2 Å². The fourth-order valence-corrected chi connectivity index (χ4v) is 3.27. The van der Waals surface area contributed by atoms with E-state index >= 15 is 0 Å². The average Bonchev–Trinajstić information content (AvgIpc) is 2.54. The normalized spacial score (nSPS) is 24.1. The van der Waals surface area contributed by atoms with Gasteiger partial charge in [-0.25, -0.2) is 0 Å². The predicted octanol–water partition coefficient (Wildman–Crippen LogP) is 0.827. The number of hydrogen-bond acceptors (Lipinski definition) is 4. The van der Waals surface area contributed by atoms with Crippen LogP contribution in [0.2, 0.25) is 0 Å². The summed E-state index contributed by atoms with van der Waals surface area (Å²) in [4.78, 5) is 14.8. The lowest BCUT2D eigenvalue weighted by Gasteiger charge is -2.45. The van der Waals surface area contributed by atoms with Gasteiger partial charge in [0.2, 0.25) is 5.91 Å². The Kier molecular flexibility index (Phi) is 4.41. The molecule has 21 heavy (non-hydrogen) atoms. The molecule has 1 aromatic rings. The number of methoxy groups -OCH3 is 1. The molecule has 5 nitrogen and oxygen atoms in total. The molecule has 1 amide bonds. The van der Waals surface area contributed by atoms with Crippen LogP contribution >= 0.6 is 0 Å². The van der Waals surface area contributed by atoms with Crippen LogP contribution in [0.3, 0.4) is 0 Å². The highest BCUT2D eigenvalue weighted by atomic mass is 16.5. The van der Waals surface area contributed by atoms with E-state index in [1.807, 2.05) is 6.07 Å². The maximum absolute atomic E-state index is 12.5. The Balaban J connectivity index is 1.80. The van der Waals surface area contributed by atoms with E-state index in [-0.39, 0.29) is 17.9 Å². The molecule has 3 rings (SSSR count). The van der Waals surface area contributed by atoms with Crippen molar-refractivity contribution in [2.45, 2.75) is 12.5 Å². The largest absolute Gasteiger partial charge is 0.383 e. The third kappa shape index (κ3) is 2.89. The van der Waals surface area contributed by atoms with Crippen LogP contribution < -0.4 is 10.2 Å². The quantitative estimate of drug-likeness (QED) is 0.835. The fourth-order valence-electron chi connectivity index (χ4n) is 3.27. The summed E-state index contributed by atoms with van der Waals surface area (Å²) in [5, 5.41) is 2.97. The number of rotatable bonds is 4.